The maximum Gasteiger partial charge on any atom is 0.326 e. The van der Waals surface area contributed by atoms with Crippen molar-refractivity contribution in [2.24, 2.45) is 0 Å². The number of amides is 1. The Morgan fingerprint density at radius 3 is 2.49 bits per heavy atom. The van der Waals surface area contributed by atoms with Crippen LogP contribution in [0, 0.1) is 0 Å². The Balaban J connectivity index is 0.00000137. The first-order valence-electron chi connectivity index (χ1n) is 10.2. The Morgan fingerprint density at radius 1 is 1.23 bits per heavy atom. The highest BCUT2D eigenvalue weighted by molar-refractivity contribution is 5.96. The van der Waals surface area contributed by atoms with E-state index in [9.17, 15) is 19.2 Å². The van der Waals surface area contributed by atoms with E-state index < -0.39 is 23.9 Å². The smallest absolute Gasteiger partial charge is 0.326 e. The number of nitrogens with two attached hydrogens (primary N) is 1. The monoisotopic (exact) mass is 491 g/mol. The van der Waals surface area contributed by atoms with Gasteiger partial charge in [0.05, 0.1) is 6.04 Å². The van der Waals surface area contributed by atoms with Crippen LogP contribution in [0.1, 0.15) is 23.2 Å². The quantitative estimate of drug-likeness (QED) is 0.199. The molecule has 0 spiro atoms. The summed E-state index contributed by atoms with van der Waals surface area (Å²) in [7, 11) is 0. The lowest BCUT2D eigenvalue weighted by Crippen LogP contribution is -2.41. The SMILES string of the molecule is Nc1nc2c(c(=O)[nH]1)NC(CNc1ccc(C(=O)NC(CCC(=O)O)C(=O)O)cc1)CN2.O=CO. The van der Waals surface area contributed by atoms with E-state index in [2.05, 4.69) is 31.2 Å². The number of aromatic amines is 1. The van der Waals surface area contributed by atoms with Crippen LogP contribution in [0.3, 0.4) is 0 Å². The molecule has 15 nitrogen and oxygen atoms in total. The third-order valence-electron chi connectivity index (χ3n) is 4.75. The third kappa shape index (κ3) is 7.92. The Bertz CT molecular complexity index is 1120. The van der Waals surface area contributed by atoms with E-state index in [0.717, 1.165) is 0 Å². The van der Waals surface area contributed by atoms with Gasteiger partial charge in [-0.3, -0.25) is 24.2 Å². The normalized spacial score (nSPS) is 14.5. The van der Waals surface area contributed by atoms with Gasteiger partial charge in [-0.15, -0.1) is 0 Å². The summed E-state index contributed by atoms with van der Waals surface area (Å²) in [4.78, 5) is 61.0. The van der Waals surface area contributed by atoms with Gasteiger partial charge in [0, 0.05) is 30.8 Å². The van der Waals surface area contributed by atoms with Crippen molar-refractivity contribution in [1.82, 2.24) is 15.3 Å². The van der Waals surface area contributed by atoms with Gasteiger partial charge in [-0.05, 0) is 30.7 Å². The lowest BCUT2D eigenvalue weighted by atomic mass is 10.1. The third-order valence-corrected chi connectivity index (χ3v) is 4.75. The Hall–Kier alpha value is -4.82. The highest BCUT2D eigenvalue weighted by Gasteiger charge is 2.23. The second-order valence-electron chi connectivity index (χ2n) is 7.26. The number of carboxylic acid groups (broad SMARTS) is 3. The molecule has 1 aromatic carbocycles. The van der Waals surface area contributed by atoms with Crippen LogP contribution in [0.25, 0.3) is 0 Å². The van der Waals surface area contributed by atoms with Gasteiger partial charge >= 0.3 is 11.9 Å². The average Bonchev–Trinajstić information content (AvgIpc) is 2.81. The summed E-state index contributed by atoms with van der Waals surface area (Å²) >= 11 is 0. The molecule has 0 saturated carbocycles. The Morgan fingerprint density at radius 2 is 1.89 bits per heavy atom. The molecule has 1 amide bonds. The fourth-order valence-electron chi connectivity index (χ4n) is 3.10. The molecule has 2 aromatic rings. The van der Waals surface area contributed by atoms with Crippen LogP contribution >= 0.6 is 0 Å². The van der Waals surface area contributed by atoms with Crippen molar-refractivity contribution in [2.45, 2.75) is 24.9 Å². The molecule has 1 aliphatic heterocycles. The fourth-order valence-corrected chi connectivity index (χ4v) is 3.10. The number of carboxylic acids is 2. The number of carbonyl (C=O) groups excluding carboxylic acids is 1. The summed E-state index contributed by atoms with van der Waals surface area (Å²) in [5, 5.41) is 36.4. The van der Waals surface area contributed by atoms with Gasteiger partial charge in [0.1, 0.15) is 11.7 Å². The standard InChI is InChI=1S/C19H23N7O6.CH2O2/c20-19-25-15-14(17(30)26-19)23-11(8-22-15)7-21-10-3-1-9(2-4-10)16(29)24-12(18(31)32)5-6-13(27)28;2-1-3/h1-4,11-12,21,23H,5-8H2,(H,24,29)(H,27,28)(H,31,32)(H4,20,22,25,26,30);1H,(H,2,3). The van der Waals surface area contributed by atoms with Gasteiger partial charge in [-0.1, -0.05) is 0 Å². The molecule has 0 fully saturated rings. The molecule has 1 aromatic heterocycles. The summed E-state index contributed by atoms with van der Waals surface area (Å²) in [6, 6.07) is 4.93. The molecule has 2 heterocycles. The lowest BCUT2D eigenvalue weighted by Gasteiger charge is -2.27. The second kappa shape index (κ2) is 12.4. The number of rotatable bonds is 9. The minimum absolute atomic E-state index is 0.0281. The average molecular weight is 491 g/mol. The number of aromatic nitrogens is 2. The largest absolute Gasteiger partial charge is 0.483 e. The van der Waals surface area contributed by atoms with Crippen molar-refractivity contribution < 1.29 is 34.5 Å². The van der Waals surface area contributed by atoms with Gasteiger partial charge in [0.25, 0.3) is 17.9 Å². The number of nitrogens with zero attached hydrogens (tertiary/aromatic N) is 1. The van der Waals surface area contributed by atoms with Crippen molar-refractivity contribution >= 4 is 47.5 Å². The van der Waals surface area contributed by atoms with Gasteiger partial charge in [-0.2, -0.15) is 4.98 Å². The predicted molar refractivity (Wildman–Crippen MR) is 125 cm³/mol. The number of anilines is 4. The fraction of sp³-hybridized carbons (Fsp3) is 0.300. The molecule has 0 aliphatic carbocycles. The number of fused-ring (bicyclic) bond motifs is 1. The van der Waals surface area contributed by atoms with Crippen LogP contribution in [-0.4, -0.2) is 74.8 Å². The van der Waals surface area contributed by atoms with Crippen molar-refractivity contribution in [1.29, 1.82) is 0 Å². The minimum atomic E-state index is -1.30. The van der Waals surface area contributed by atoms with E-state index in [1.165, 1.54) is 12.1 Å². The zero-order valence-corrected chi connectivity index (χ0v) is 18.3. The molecule has 0 saturated heterocycles. The maximum absolute atomic E-state index is 12.3. The molecule has 0 radical (unpaired) electrons. The van der Waals surface area contributed by atoms with Gasteiger partial charge in [0.15, 0.2) is 5.82 Å². The number of nitrogens with one attached hydrogen (secondary N) is 5. The molecule has 10 N–H and O–H groups in total. The Kier molecular flexibility index (Phi) is 9.39. The molecular formula is C20H25N7O8. The molecule has 3 rings (SSSR count). The highest BCUT2D eigenvalue weighted by atomic mass is 16.4. The highest BCUT2D eigenvalue weighted by Crippen LogP contribution is 2.20. The predicted octanol–water partition coefficient (Wildman–Crippen LogP) is -0.581. The number of H-pyrrole nitrogens is 1. The lowest BCUT2D eigenvalue weighted by molar-refractivity contribution is -0.140. The molecule has 2 unspecified atom stereocenters. The molecule has 0 bridgehead atoms. The summed E-state index contributed by atoms with van der Waals surface area (Å²) in [6.45, 7) is 0.710. The molecule has 35 heavy (non-hydrogen) atoms. The summed E-state index contributed by atoms with van der Waals surface area (Å²) in [5.74, 6) is -2.64. The van der Waals surface area contributed by atoms with Crippen LogP contribution in [0.15, 0.2) is 29.1 Å². The summed E-state index contributed by atoms with van der Waals surface area (Å²) < 4.78 is 0. The van der Waals surface area contributed by atoms with Crippen molar-refractivity contribution in [3.63, 3.8) is 0 Å². The zero-order chi connectivity index (χ0) is 26.0. The van der Waals surface area contributed by atoms with E-state index in [-0.39, 0.29) is 42.4 Å². The second-order valence-corrected chi connectivity index (χ2v) is 7.26. The number of hydrogen-bond donors (Lipinski definition) is 9. The maximum atomic E-state index is 12.3. The minimum Gasteiger partial charge on any atom is -0.483 e. The summed E-state index contributed by atoms with van der Waals surface area (Å²) in [6.07, 6.45) is -0.587. The molecule has 1 aliphatic rings. The molecule has 188 valence electrons. The first kappa shape index (κ1) is 26.4. The van der Waals surface area contributed by atoms with E-state index in [4.69, 9.17) is 25.8 Å². The number of carbonyl (C=O) groups is 4. The first-order valence-corrected chi connectivity index (χ1v) is 10.2. The number of aliphatic carboxylic acids is 2. The molecule has 2 atom stereocenters. The van der Waals surface area contributed by atoms with Crippen LogP contribution < -0.4 is 32.6 Å². The van der Waals surface area contributed by atoms with Crippen molar-refractivity contribution in [2.75, 3.05) is 34.8 Å². The van der Waals surface area contributed by atoms with Gasteiger partial charge in [0.2, 0.25) is 5.95 Å². The van der Waals surface area contributed by atoms with E-state index >= 15 is 0 Å². The van der Waals surface area contributed by atoms with Crippen molar-refractivity contribution in [3.8, 4) is 0 Å². The summed E-state index contributed by atoms with van der Waals surface area (Å²) in [5.41, 5.74) is 6.40. The number of benzene rings is 1. The van der Waals surface area contributed by atoms with E-state index in [1.807, 2.05) is 0 Å². The van der Waals surface area contributed by atoms with Gasteiger partial charge in [-0.25, -0.2) is 4.79 Å². The van der Waals surface area contributed by atoms with Crippen LogP contribution in [0.5, 0.6) is 0 Å². The van der Waals surface area contributed by atoms with Gasteiger partial charge < -0.3 is 42.3 Å². The zero-order valence-electron chi connectivity index (χ0n) is 18.3. The molecular weight excluding hydrogens is 466 g/mol. The van der Waals surface area contributed by atoms with E-state index in [0.29, 0.717) is 30.3 Å². The topological polar surface area (TPSA) is 249 Å². The van der Waals surface area contributed by atoms with Crippen LogP contribution in [0.2, 0.25) is 0 Å². The van der Waals surface area contributed by atoms with Crippen molar-refractivity contribution in [3.05, 3.63) is 40.2 Å². The first-order chi connectivity index (χ1) is 16.6. The number of nitrogen functional groups attached to an aromatic ring is 1. The Labute approximate surface area is 197 Å². The molecule has 15 heteroatoms. The number of hydrogen-bond acceptors (Lipinski definition) is 10. The van der Waals surface area contributed by atoms with Crippen LogP contribution in [0.4, 0.5) is 23.1 Å². The van der Waals surface area contributed by atoms with E-state index in [1.54, 1.807) is 12.1 Å². The van der Waals surface area contributed by atoms with Crippen LogP contribution in [-0.2, 0) is 14.4 Å².